The molecule has 0 heterocycles. The van der Waals surface area contributed by atoms with Gasteiger partial charge in [-0.05, 0) is 59.8 Å². The van der Waals surface area contributed by atoms with Gasteiger partial charge in [-0.1, -0.05) is 72.4 Å². The van der Waals surface area contributed by atoms with Gasteiger partial charge in [0.2, 0.25) is 0 Å². The molecule has 0 saturated heterocycles. The lowest BCUT2D eigenvalue weighted by molar-refractivity contribution is 1.51. The van der Waals surface area contributed by atoms with Gasteiger partial charge in [0.1, 0.15) is 0 Å². The lowest BCUT2D eigenvalue weighted by Crippen LogP contribution is -1.85. The predicted octanol–water partition coefficient (Wildman–Crippen LogP) is 6.62. The zero-order chi connectivity index (χ0) is 15.2. The van der Waals surface area contributed by atoms with Crippen molar-refractivity contribution in [1.29, 1.82) is 0 Å². The predicted molar refractivity (Wildman–Crippen MR) is 97.0 cm³/mol. The maximum Gasteiger partial charge on any atom is -0.0101 e. The zero-order valence-corrected chi connectivity index (χ0v) is 14.0. The Bertz CT molecular complexity index is 589. The van der Waals surface area contributed by atoms with Crippen LogP contribution in [0.25, 0.3) is 11.1 Å². The molecule has 0 aromatic heterocycles. The Morgan fingerprint density at radius 2 is 0.905 bits per heavy atom. The molecule has 0 atom stereocenters. The van der Waals surface area contributed by atoms with Gasteiger partial charge in [-0.25, -0.2) is 0 Å². The van der Waals surface area contributed by atoms with Crippen molar-refractivity contribution in [3.8, 4) is 0 Å². The van der Waals surface area contributed by atoms with Crippen molar-refractivity contribution in [1.82, 2.24) is 0 Å². The topological polar surface area (TPSA) is 0 Å². The first-order valence-electron chi connectivity index (χ1n) is 7.23. The summed E-state index contributed by atoms with van der Waals surface area (Å²) in [7, 11) is 0. The molecule has 2 aromatic carbocycles. The smallest absolute Gasteiger partial charge is 0.0101 e. The standard InChI is InChI=1S/C20H22S/c1-15(19-11-7-5-8-12-19)17(3)21-18(4)16(2)20-13-9-6-10-14-20/h5-14H,1-4H3/b17-15+,18-16+. The van der Waals surface area contributed by atoms with Crippen LogP contribution in [0, 0.1) is 0 Å². The van der Waals surface area contributed by atoms with Crippen molar-refractivity contribution in [2.24, 2.45) is 0 Å². The van der Waals surface area contributed by atoms with Crippen LogP contribution in [0.4, 0.5) is 0 Å². The average molecular weight is 294 g/mol. The van der Waals surface area contributed by atoms with Crippen molar-refractivity contribution >= 4 is 22.9 Å². The fourth-order valence-corrected chi connectivity index (χ4v) is 3.17. The van der Waals surface area contributed by atoms with Gasteiger partial charge >= 0.3 is 0 Å². The van der Waals surface area contributed by atoms with Crippen LogP contribution in [0.3, 0.4) is 0 Å². The number of thioether (sulfide) groups is 1. The van der Waals surface area contributed by atoms with Crippen LogP contribution in [0.1, 0.15) is 38.8 Å². The lowest BCUT2D eigenvalue weighted by atomic mass is 10.1. The van der Waals surface area contributed by atoms with E-state index >= 15 is 0 Å². The maximum absolute atomic E-state index is 2.20. The molecule has 0 aliphatic heterocycles. The van der Waals surface area contributed by atoms with Crippen molar-refractivity contribution in [3.63, 3.8) is 0 Å². The molecule has 0 bridgehead atoms. The summed E-state index contributed by atoms with van der Waals surface area (Å²) in [5, 5.41) is 0. The van der Waals surface area contributed by atoms with Gasteiger partial charge in [-0.3, -0.25) is 0 Å². The fraction of sp³-hybridized carbons (Fsp3) is 0.200. The molecule has 0 aliphatic rings. The Morgan fingerprint density at radius 3 is 1.24 bits per heavy atom. The molecule has 0 spiro atoms. The molecule has 0 N–H and O–H groups in total. The van der Waals surface area contributed by atoms with Gasteiger partial charge in [0.25, 0.3) is 0 Å². The lowest BCUT2D eigenvalue weighted by Gasteiger charge is -2.11. The van der Waals surface area contributed by atoms with E-state index in [1.165, 1.54) is 32.1 Å². The van der Waals surface area contributed by atoms with Crippen LogP contribution in [0.15, 0.2) is 70.5 Å². The second kappa shape index (κ2) is 7.33. The second-order valence-corrected chi connectivity index (χ2v) is 6.63. The summed E-state index contributed by atoms with van der Waals surface area (Å²) in [4.78, 5) is 2.71. The summed E-state index contributed by atoms with van der Waals surface area (Å²) in [5.41, 5.74) is 5.29. The molecule has 21 heavy (non-hydrogen) atoms. The van der Waals surface area contributed by atoms with Crippen LogP contribution in [-0.2, 0) is 0 Å². The molecular formula is C20H22S. The van der Waals surface area contributed by atoms with Crippen molar-refractivity contribution < 1.29 is 0 Å². The molecule has 0 amide bonds. The number of rotatable bonds is 4. The summed E-state index contributed by atoms with van der Waals surface area (Å²) >= 11 is 1.86. The molecular weight excluding hydrogens is 272 g/mol. The van der Waals surface area contributed by atoms with E-state index in [1.54, 1.807) is 0 Å². The van der Waals surface area contributed by atoms with E-state index in [4.69, 9.17) is 0 Å². The highest BCUT2D eigenvalue weighted by Gasteiger charge is 2.05. The van der Waals surface area contributed by atoms with Crippen molar-refractivity contribution in [2.45, 2.75) is 27.7 Å². The van der Waals surface area contributed by atoms with Gasteiger partial charge in [0.15, 0.2) is 0 Å². The van der Waals surface area contributed by atoms with E-state index in [1.807, 2.05) is 11.8 Å². The first kappa shape index (κ1) is 15.7. The van der Waals surface area contributed by atoms with E-state index in [2.05, 4.69) is 88.4 Å². The molecule has 1 heteroatoms. The van der Waals surface area contributed by atoms with Crippen LogP contribution in [-0.4, -0.2) is 0 Å². The summed E-state index contributed by atoms with van der Waals surface area (Å²) < 4.78 is 0. The fourth-order valence-electron chi connectivity index (χ4n) is 2.17. The molecule has 108 valence electrons. The Balaban J connectivity index is 2.24. The number of hydrogen-bond acceptors (Lipinski definition) is 1. The highest BCUT2D eigenvalue weighted by atomic mass is 32.2. The third-order valence-corrected chi connectivity index (χ3v) is 5.00. The van der Waals surface area contributed by atoms with E-state index < -0.39 is 0 Å². The molecule has 0 radical (unpaired) electrons. The molecule has 2 rings (SSSR count). The summed E-state index contributed by atoms with van der Waals surface area (Å²) in [5.74, 6) is 0. The maximum atomic E-state index is 2.20. The van der Waals surface area contributed by atoms with Crippen LogP contribution in [0.2, 0.25) is 0 Å². The van der Waals surface area contributed by atoms with E-state index in [9.17, 15) is 0 Å². The quantitative estimate of drug-likeness (QED) is 0.610. The third-order valence-electron chi connectivity index (χ3n) is 3.78. The monoisotopic (exact) mass is 294 g/mol. The van der Waals surface area contributed by atoms with Gasteiger partial charge in [-0.2, -0.15) is 0 Å². The van der Waals surface area contributed by atoms with E-state index in [-0.39, 0.29) is 0 Å². The molecule has 2 aromatic rings. The first-order chi connectivity index (χ1) is 10.1. The van der Waals surface area contributed by atoms with Gasteiger partial charge in [0, 0.05) is 0 Å². The summed E-state index contributed by atoms with van der Waals surface area (Å²) in [6.07, 6.45) is 0. The van der Waals surface area contributed by atoms with Gasteiger partial charge in [0.05, 0.1) is 0 Å². The minimum absolute atomic E-state index is 1.30. The minimum atomic E-state index is 1.30. The normalized spacial score (nSPS) is 13.5. The SMILES string of the molecule is C/C(S/C(C)=C(\C)c1ccccc1)=C(/C)c1ccccc1. The van der Waals surface area contributed by atoms with Crippen LogP contribution < -0.4 is 0 Å². The summed E-state index contributed by atoms with van der Waals surface area (Å²) in [6, 6.07) is 21.2. The van der Waals surface area contributed by atoms with Crippen molar-refractivity contribution in [3.05, 3.63) is 81.6 Å². The zero-order valence-electron chi connectivity index (χ0n) is 13.2. The number of allylic oxidation sites excluding steroid dienone is 4. The molecule has 0 nitrogen and oxygen atoms in total. The number of hydrogen-bond donors (Lipinski definition) is 0. The number of benzene rings is 2. The molecule has 0 saturated carbocycles. The van der Waals surface area contributed by atoms with Gasteiger partial charge in [-0.15, -0.1) is 0 Å². The van der Waals surface area contributed by atoms with E-state index in [0.717, 1.165) is 0 Å². The van der Waals surface area contributed by atoms with E-state index in [0.29, 0.717) is 0 Å². The Hall–Kier alpha value is -1.73. The Labute approximate surface area is 132 Å². The van der Waals surface area contributed by atoms with Gasteiger partial charge < -0.3 is 0 Å². The van der Waals surface area contributed by atoms with Crippen molar-refractivity contribution in [2.75, 3.05) is 0 Å². The molecule has 0 aliphatic carbocycles. The minimum Gasteiger partial charge on any atom is -0.0990 e. The largest absolute Gasteiger partial charge is 0.0990 e. The Kier molecular flexibility index (Phi) is 5.46. The van der Waals surface area contributed by atoms with Crippen LogP contribution >= 0.6 is 11.8 Å². The Morgan fingerprint density at radius 1 is 0.571 bits per heavy atom. The third kappa shape index (κ3) is 4.12. The highest BCUT2D eigenvalue weighted by Crippen LogP contribution is 2.35. The first-order valence-corrected chi connectivity index (χ1v) is 8.05. The second-order valence-electron chi connectivity index (χ2n) is 5.20. The molecule has 0 fully saturated rings. The summed E-state index contributed by atoms with van der Waals surface area (Å²) in [6.45, 7) is 8.80. The van der Waals surface area contributed by atoms with Crippen LogP contribution in [0.5, 0.6) is 0 Å². The average Bonchev–Trinajstić information content (AvgIpc) is 2.55. The molecule has 0 unspecified atom stereocenters. The highest BCUT2D eigenvalue weighted by molar-refractivity contribution is 8.07.